The maximum Gasteiger partial charge on any atom is 0.148 e. The molecule has 0 spiro atoms. The zero-order valence-corrected chi connectivity index (χ0v) is 7.08. The lowest BCUT2D eigenvalue weighted by atomic mass is 10.1. The molecule has 0 amide bonds. The van der Waals surface area contributed by atoms with E-state index in [-0.39, 0.29) is 6.10 Å². The van der Waals surface area contributed by atoms with E-state index in [0.29, 0.717) is 6.10 Å². The third kappa shape index (κ3) is 2.62. The maximum absolute atomic E-state index is 10.3. The lowest BCUT2D eigenvalue weighted by molar-refractivity contribution is -0.117. The molecule has 0 N–H and O–H groups in total. The van der Waals surface area contributed by atoms with E-state index in [0.717, 1.165) is 25.5 Å². The van der Waals surface area contributed by atoms with Crippen LogP contribution in [0.4, 0.5) is 0 Å². The topological polar surface area (TPSA) is 26.3 Å². The van der Waals surface area contributed by atoms with Gasteiger partial charge in [-0.2, -0.15) is 0 Å². The largest absolute Gasteiger partial charge is 0.368 e. The molecule has 1 fully saturated rings. The summed E-state index contributed by atoms with van der Waals surface area (Å²) >= 11 is 0. The molecule has 1 aliphatic heterocycles. The minimum atomic E-state index is -0.100. The predicted octanol–water partition coefficient (Wildman–Crippen LogP) is 1.92. The average molecular weight is 156 g/mol. The van der Waals surface area contributed by atoms with Crippen LogP contribution in [0, 0.1) is 0 Å². The van der Waals surface area contributed by atoms with Gasteiger partial charge in [0.2, 0.25) is 0 Å². The van der Waals surface area contributed by atoms with Crippen LogP contribution in [0.2, 0.25) is 0 Å². The molecule has 2 heteroatoms. The fourth-order valence-corrected chi connectivity index (χ4v) is 1.48. The summed E-state index contributed by atoms with van der Waals surface area (Å²) in [5.74, 6) is 0. The number of unbranched alkanes of at least 4 members (excludes halogenated alkanes) is 1. The van der Waals surface area contributed by atoms with Gasteiger partial charge in [-0.15, -0.1) is 0 Å². The predicted molar refractivity (Wildman–Crippen MR) is 43.5 cm³/mol. The van der Waals surface area contributed by atoms with Crippen molar-refractivity contribution in [1.29, 1.82) is 0 Å². The first-order valence-electron chi connectivity index (χ1n) is 4.47. The standard InChI is InChI=1S/C9H16O2/c1-2-3-4-8-5-6-9(7-10)11-8/h7-9H,2-6H2,1H3. The number of carbonyl (C=O) groups is 1. The molecule has 1 rings (SSSR count). The molecule has 0 aromatic rings. The zero-order valence-electron chi connectivity index (χ0n) is 7.08. The van der Waals surface area contributed by atoms with E-state index >= 15 is 0 Å². The maximum atomic E-state index is 10.3. The van der Waals surface area contributed by atoms with Crippen molar-refractivity contribution in [3.8, 4) is 0 Å². The van der Waals surface area contributed by atoms with Gasteiger partial charge in [0.1, 0.15) is 12.4 Å². The Balaban J connectivity index is 2.14. The normalized spacial score (nSPS) is 30.6. The summed E-state index contributed by atoms with van der Waals surface area (Å²) in [6.45, 7) is 2.17. The van der Waals surface area contributed by atoms with Crippen LogP contribution in [0.5, 0.6) is 0 Å². The van der Waals surface area contributed by atoms with Gasteiger partial charge in [-0.1, -0.05) is 19.8 Å². The van der Waals surface area contributed by atoms with Crippen molar-refractivity contribution in [2.45, 2.75) is 51.2 Å². The summed E-state index contributed by atoms with van der Waals surface area (Å²) in [6.07, 6.45) is 6.75. The zero-order chi connectivity index (χ0) is 8.10. The van der Waals surface area contributed by atoms with Crippen molar-refractivity contribution in [2.75, 3.05) is 0 Å². The molecule has 1 heterocycles. The van der Waals surface area contributed by atoms with Gasteiger partial charge in [-0.25, -0.2) is 0 Å². The Morgan fingerprint density at radius 2 is 2.36 bits per heavy atom. The molecule has 11 heavy (non-hydrogen) atoms. The number of rotatable bonds is 4. The number of aldehydes is 1. The third-order valence-electron chi connectivity index (χ3n) is 2.17. The molecular weight excluding hydrogens is 140 g/mol. The molecule has 64 valence electrons. The second-order valence-corrected chi connectivity index (χ2v) is 3.15. The highest BCUT2D eigenvalue weighted by Crippen LogP contribution is 2.22. The first kappa shape index (κ1) is 8.72. The van der Waals surface area contributed by atoms with Crippen molar-refractivity contribution in [1.82, 2.24) is 0 Å². The van der Waals surface area contributed by atoms with Gasteiger partial charge in [0, 0.05) is 0 Å². The van der Waals surface area contributed by atoms with E-state index in [1.165, 1.54) is 12.8 Å². The third-order valence-corrected chi connectivity index (χ3v) is 2.17. The molecule has 0 radical (unpaired) electrons. The number of hydrogen-bond donors (Lipinski definition) is 0. The molecule has 2 nitrogen and oxygen atoms in total. The quantitative estimate of drug-likeness (QED) is 0.581. The summed E-state index contributed by atoms with van der Waals surface area (Å²) in [5, 5.41) is 0. The van der Waals surface area contributed by atoms with Gasteiger partial charge in [0.25, 0.3) is 0 Å². The first-order chi connectivity index (χ1) is 5.36. The van der Waals surface area contributed by atoms with Crippen LogP contribution >= 0.6 is 0 Å². The van der Waals surface area contributed by atoms with Gasteiger partial charge in [0.15, 0.2) is 0 Å². The molecule has 2 unspecified atom stereocenters. The summed E-state index contributed by atoms with van der Waals surface area (Å²) < 4.78 is 5.44. The average Bonchev–Trinajstić information content (AvgIpc) is 2.48. The van der Waals surface area contributed by atoms with Crippen molar-refractivity contribution < 1.29 is 9.53 Å². The Bertz CT molecular complexity index is 123. The summed E-state index contributed by atoms with van der Waals surface area (Å²) in [6, 6.07) is 0. The van der Waals surface area contributed by atoms with Crippen LogP contribution in [-0.2, 0) is 9.53 Å². The second kappa shape index (κ2) is 4.50. The van der Waals surface area contributed by atoms with E-state index < -0.39 is 0 Å². The van der Waals surface area contributed by atoms with Crippen LogP contribution in [0.15, 0.2) is 0 Å². The molecule has 2 atom stereocenters. The van der Waals surface area contributed by atoms with E-state index in [1.54, 1.807) is 0 Å². The molecular formula is C9H16O2. The van der Waals surface area contributed by atoms with Gasteiger partial charge in [-0.3, -0.25) is 0 Å². The second-order valence-electron chi connectivity index (χ2n) is 3.15. The molecule has 0 bridgehead atoms. The highest BCUT2D eigenvalue weighted by Gasteiger charge is 2.23. The van der Waals surface area contributed by atoms with Crippen LogP contribution in [-0.4, -0.2) is 18.5 Å². The Morgan fingerprint density at radius 3 is 2.91 bits per heavy atom. The number of ether oxygens (including phenoxy) is 1. The molecule has 0 aromatic heterocycles. The molecule has 0 saturated carbocycles. The summed E-state index contributed by atoms with van der Waals surface area (Å²) in [5.41, 5.74) is 0. The van der Waals surface area contributed by atoms with Crippen molar-refractivity contribution in [3.05, 3.63) is 0 Å². The van der Waals surface area contributed by atoms with E-state index in [1.807, 2.05) is 0 Å². The van der Waals surface area contributed by atoms with Gasteiger partial charge < -0.3 is 9.53 Å². The first-order valence-corrected chi connectivity index (χ1v) is 4.47. The van der Waals surface area contributed by atoms with E-state index in [2.05, 4.69) is 6.92 Å². The highest BCUT2D eigenvalue weighted by molar-refractivity contribution is 5.56. The van der Waals surface area contributed by atoms with E-state index in [4.69, 9.17) is 4.74 Å². The fraction of sp³-hybridized carbons (Fsp3) is 0.889. The van der Waals surface area contributed by atoms with Gasteiger partial charge in [0.05, 0.1) is 6.10 Å². The lowest BCUT2D eigenvalue weighted by Gasteiger charge is -2.08. The Hall–Kier alpha value is -0.370. The minimum Gasteiger partial charge on any atom is -0.368 e. The van der Waals surface area contributed by atoms with Crippen molar-refractivity contribution in [2.24, 2.45) is 0 Å². The van der Waals surface area contributed by atoms with Crippen molar-refractivity contribution in [3.63, 3.8) is 0 Å². The van der Waals surface area contributed by atoms with Gasteiger partial charge in [-0.05, 0) is 19.3 Å². The molecule has 1 saturated heterocycles. The van der Waals surface area contributed by atoms with Crippen LogP contribution in [0.1, 0.15) is 39.0 Å². The van der Waals surface area contributed by atoms with Crippen LogP contribution < -0.4 is 0 Å². The van der Waals surface area contributed by atoms with Crippen molar-refractivity contribution >= 4 is 6.29 Å². The monoisotopic (exact) mass is 156 g/mol. The number of hydrogen-bond acceptors (Lipinski definition) is 2. The van der Waals surface area contributed by atoms with Crippen LogP contribution in [0.25, 0.3) is 0 Å². The number of carbonyl (C=O) groups excluding carboxylic acids is 1. The summed E-state index contributed by atoms with van der Waals surface area (Å²) in [7, 11) is 0. The molecule has 0 aliphatic carbocycles. The minimum absolute atomic E-state index is 0.100. The summed E-state index contributed by atoms with van der Waals surface area (Å²) in [4.78, 5) is 10.3. The van der Waals surface area contributed by atoms with Crippen LogP contribution in [0.3, 0.4) is 0 Å². The molecule has 1 aliphatic rings. The Labute approximate surface area is 67.9 Å². The van der Waals surface area contributed by atoms with Gasteiger partial charge >= 0.3 is 0 Å². The Kier molecular flexibility index (Phi) is 3.57. The lowest BCUT2D eigenvalue weighted by Crippen LogP contribution is -2.11. The van der Waals surface area contributed by atoms with E-state index in [9.17, 15) is 4.79 Å². The highest BCUT2D eigenvalue weighted by atomic mass is 16.5. The molecule has 0 aromatic carbocycles. The SMILES string of the molecule is CCCCC1CCC(C=O)O1. The Morgan fingerprint density at radius 1 is 1.55 bits per heavy atom. The smallest absolute Gasteiger partial charge is 0.148 e. The fourth-order valence-electron chi connectivity index (χ4n) is 1.48.